The van der Waals surface area contributed by atoms with Gasteiger partial charge in [-0.1, -0.05) is 6.07 Å². The molecular formula is C15H8FN2O2-. The molecule has 0 saturated carbocycles. The molecule has 3 aromatic rings. The molecule has 0 saturated heterocycles. The third-order valence-electron chi connectivity index (χ3n) is 2.92. The van der Waals surface area contributed by atoms with Gasteiger partial charge in [-0.15, -0.1) is 0 Å². The van der Waals surface area contributed by atoms with Crippen LogP contribution in [-0.4, -0.2) is 15.9 Å². The van der Waals surface area contributed by atoms with Gasteiger partial charge in [0.05, 0.1) is 22.9 Å². The van der Waals surface area contributed by atoms with E-state index in [1.165, 1.54) is 18.2 Å². The minimum atomic E-state index is -1.37. The van der Waals surface area contributed by atoms with E-state index < -0.39 is 11.8 Å². The zero-order valence-electron chi connectivity index (χ0n) is 10.2. The topological polar surface area (TPSA) is 65.9 Å². The molecule has 4 nitrogen and oxygen atoms in total. The maximum atomic E-state index is 13.3. The van der Waals surface area contributed by atoms with Crippen molar-refractivity contribution in [3.63, 3.8) is 0 Å². The van der Waals surface area contributed by atoms with E-state index in [9.17, 15) is 14.3 Å². The number of carboxylic acid groups (broad SMARTS) is 1. The lowest BCUT2D eigenvalue weighted by molar-refractivity contribution is -0.254. The first kappa shape index (κ1) is 12.2. The number of halogens is 1. The molecule has 2 aromatic heterocycles. The zero-order chi connectivity index (χ0) is 14.1. The van der Waals surface area contributed by atoms with Crippen LogP contribution in [0.3, 0.4) is 0 Å². The molecule has 0 spiro atoms. The first-order valence-corrected chi connectivity index (χ1v) is 5.88. The van der Waals surface area contributed by atoms with Crippen LogP contribution in [0.2, 0.25) is 0 Å². The fourth-order valence-corrected chi connectivity index (χ4v) is 2.01. The Kier molecular flexibility index (Phi) is 2.87. The van der Waals surface area contributed by atoms with Gasteiger partial charge in [0, 0.05) is 17.1 Å². The lowest BCUT2D eigenvalue weighted by Crippen LogP contribution is -2.22. The molecule has 98 valence electrons. The molecule has 0 aliphatic rings. The minimum Gasteiger partial charge on any atom is -0.545 e. The predicted octanol–water partition coefficient (Wildman–Crippen LogP) is 1.80. The second-order valence-corrected chi connectivity index (χ2v) is 4.22. The minimum absolute atomic E-state index is 0.102. The van der Waals surface area contributed by atoms with Crippen LogP contribution in [0.15, 0.2) is 48.7 Å². The lowest BCUT2D eigenvalue weighted by atomic mass is 10.1. The summed E-state index contributed by atoms with van der Waals surface area (Å²) < 4.78 is 13.3. The first-order valence-electron chi connectivity index (χ1n) is 5.88. The van der Waals surface area contributed by atoms with Crippen molar-refractivity contribution in [3.8, 4) is 11.4 Å². The van der Waals surface area contributed by atoms with Crippen LogP contribution in [0.1, 0.15) is 10.4 Å². The highest BCUT2D eigenvalue weighted by Crippen LogP contribution is 2.24. The molecule has 0 N–H and O–H groups in total. The standard InChI is InChI=1S/C15H9FN2O2/c16-9-4-5-12-10(7-9)11(15(19)20)8-14(18-12)13-3-1-2-6-17-13/h1-8H,(H,19,20)/p-1. The van der Waals surface area contributed by atoms with Crippen LogP contribution in [-0.2, 0) is 0 Å². The summed E-state index contributed by atoms with van der Waals surface area (Å²) in [4.78, 5) is 19.7. The largest absolute Gasteiger partial charge is 0.545 e. The van der Waals surface area contributed by atoms with Crippen molar-refractivity contribution < 1.29 is 14.3 Å². The summed E-state index contributed by atoms with van der Waals surface area (Å²) >= 11 is 0. The Morgan fingerprint density at radius 1 is 1.10 bits per heavy atom. The normalized spacial score (nSPS) is 10.7. The van der Waals surface area contributed by atoms with E-state index in [4.69, 9.17) is 0 Å². The van der Waals surface area contributed by atoms with Gasteiger partial charge in [0.1, 0.15) is 5.82 Å². The molecule has 2 heterocycles. The number of benzene rings is 1. The summed E-state index contributed by atoms with van der Waals surface area (Å²) in [5.41, 5.74) is 1.23. The van der Waals surface area contributed by atoms with E-state index in [1.54, 1.807) is 24.4 Å². The third-order valence-corrected chi connectivity index (χ3v) is 2.92. The van der Waals surface area contributed by atoms with Crippen molar-refractivity contribution in [2.45, 2.75) is 0 Å². The molecule has 1 aromatic carbocycles. The van der Waals surface area contributed by atoms with Crippen LogP contribution >= 0.6 is 0 Å². The maximum Gasteiger partial charge on any atom is 0.123 e. The van der Waals surface area contributed by atoms with E-state index in [1.807, 2.05) is 0 Å². The number of rotatable bonds is 2. The number of carbonyl (C=O) groups excluding carboxylic acids is 1. The van der Waals surface area contributed by atoms with Gasteiger partial charge in [-0.3, -0.25) is 4.98 Å². The predicted molar refractivity (Wildman–Crippen MR) is 69.3 cm³/mol. The van der Waals surface area contributed by atoms with Crippen LogP contribution in [0, 0.1) is 5.82 Å². The van der Waals surface area contributed by atoms with E-state index in [2.05, 4.69) is 9.97 Å². The van der Waals surface area contributed by atoms with Crippen molar-refractivity contribution in [3.05, 3.63) is 60.0 Å². The molecule has 0 atom stereocenters. The van der Waals surface area contributed by atoms with Crippen molar-refractivity contribution in [1.29, 1.82) is 0 Å². The number of fused-ring (bicyclic) bond motifs is 1. The van der Waals surface area contributed by atoms with Gasteiger partial charge < -0.3 is 9.90 Å². The fourth-order valence-electron chi connectivity index (χ4n) is 2.01. The monoisotopic (exact) mass is 267 g/mol. The van der Waals surface area contributed by atoms with Crippen molar-refractivity contribution >= 4 is 16.9 Å². The maximum absolute atomic E-state index is 13.3. The first-order chi connectivity index (χ1) is 9.65. The highest BCUT2D eigenvalue weighted by atomic mass is 19.1. The Morgan fingerprint density at radius 2 is 1.95 bits per heavy atom. The molecule has 0 aliphatic carbocycles. The van der Waals surface area contributed by atoms with Crippen molar-refractivity contribution in [1.82, 2.24) is 9.97 Å². The molecule has 0 amide bonds. The van der Waals surface area contributed by atoms with Crippen molar-refractivity contribution in [2.75, 3.05) is 0 Å². The second-order valence-electron chi connectivity index (χ2n) is 4.22. The second kappa shape index (κ2) is 4.70. The number of hydrogen-bond donors (Lipinski definition) is 0. The molecule has 0 unspecified atom stereocenters. The number of pyridine rings is 2. The number of aromatic nitrogens is 2. The summed E-state index contributed by atoms with van der Waals surface area (Å²) in [6.45, 7) is 0. The summed E-state index contributed by atoms with van der Waals surface area (Å²) in [5.74, 6) is -1.90. The van der Waals surface area contributed by atoms with E-state index in [0.717, 1.165) is 6.07 Å². The van der Waals surface area contributed by atoms with Gasteiger partial charge in [-0.25, -0.2) is 9.37 Å². The van der Waals surface area contributed by atoms with E-state index in [-0.39, 0.29) is 10.9 Å². The highest BCUT2D eigenvalue weighted by Gasteiger charge is 2.09. The average Bonchev–Trinajstić information content (AvgIpc) is 2.47. The van der Waals surface area contributed by atoms with Gasteiger partial charge in [0.25, 0.3) is 0 Å². The highest BCUT2D eigenvalue weighted by molar-refractivity contribution is 6.02. The molecule has 20 heavy (non-hydrogen) atoms. The summed E-state index contributed by atoms with van der Waals surface area (Å²) in [7, 11) is 0. The Labute approximate surface area is 113 Å². The number of nitrogens with zero attached hydrogens (tertiary/aromatic N) is 2. The molecule has 0 bridgehead atoms. The van der Waals surface area contributed by atoms with Crippen LogP contribution in [0.4, 0.5) is 4.39 Å². The molecule has 0 fully saturated rings. The number of hydrogen-bond acceptors (Lipinski definition) is 4. The van der Waals surface area contributed by atoms with Crippen molar-refractivity contribution in [2.24, 2.45) is 0 Å². The summed E-state index contributed by atoms with van der Waals surface area (Å²) in [5, 5.41) is 11.4. The van der Waals surface area contributed by atoms with Crippen LogP contribution in [0.25, 0.3) is 22.3 Å². The number of carbonyl (C=O) groups is 1. The van der Waals surface area contributed by atoms with Gasteiger partial charge in [-0.05, 0) is 36.4 Å². The van der Waals surface area contributed by atoms with Gasteiger partial charge in [-0.2, -0.15) is 0 Å². The van der Waals surface area contributed by atoms with Gasteiger partial charge in [0.2, 0.25) is 0 Å². The molecule has 0 aliphatic heterocycles. The number of aromatic carboxylic acids is 1. The molecule has 3 rings (SSSR count). The lowest BCUT2D eigenvalue weighted by Gasteiger charge is -2.10. The Hall–Kier alpha value is -2.82. The van der Waals surface area contributed by atoms with E-state index in [0.29, 0.717) is 16.9 Å². The average molecular weight is 267 g/mol. The molecule has 0 radical (unpaired) electrons. The quantitative estimate of drug-likeness (QED) is 0.710. The van der Waals surface area contributed by atoms with Crippen LogP contribution in [0.5, 0.6) is 0 Å². The molecular weight excluding hydrogens is 259 g/mol. The number of carboxylic acids is 1. The SMILES string of the molecule is O=C([O-])c1cc(-c2ccccn2)nc2ccc(F)cc12. The Bertz CT molecular complexity index is 804. The Morgan fingerprint density at radius 3 is 2.65 bits per heavy atom. The zero-order valence-corrected chi connectivity index (χ0v) is 10.2. The fraction of sp³-hybridized carbons (Fsp3) is 0. The smallest absolute Gasteiger partial charge is 0.123 e. The summed E-state index contributed by atoms with van der Waals surface area (Å²) in [6, 6.07) is 10.4. The van der Waals surface area contributed by atoms with Gasteiger partial charge >= 0.3 is 0 Å². The summed E-state index contributed by atoms with van der Waals surface area (Å²) in [6.07, 6.45) is 1.59. The third kappa shape index (κ3) is 2.09. The molecule has 5 heteroatoms. The van der Waals surface area contributed by atoms with Crippen LogP contribution < -0.4 is 5.11 Å². The van der Waals surface area contributed by atoms with E-state index >= 15 is 0 Å². The Balaban J connectivity index is 2.32. The van der Waals surface area contributed by atoms with Gasteiger partial charge in [0.15, 0.2) is 0 Å².